The minimum Gasteiger partial charge on any atom is -0.480 e. The largest absolute Gasteiger partial charge is 0.480 e. The Morgan fingerprint density at radius 1 is 1.64 bits per heavy atom. The minimum atomic E-state index is -0.973. The molecule has 0 spiro atoms. The summed E-state index contributed by atoms with van der Waals surface area (Å²) in [5, 5.41) is 9.13. The molecule has 0 aromatic carbocycles. The minimum absolute atomic E-state index is 0.0918. The number of nitrogens with zero attached hydrogens (tertiary/aromatic N) is 1. The van der Waals surface area contributed by atoms with Gasteiger partial charge >= 0.3 is 5.97 Å². The molecular weight excluding hydrogens is 202 g/mol. The predicted octanol–water partition coefficient (Wildman–Crippen LogP) is 0.102. The number of carboxylic acid groups (broad SMARTS) is 1. The average Bonchev–Trinajstić information content (AvgIpc) is 2.15. The third kappa shape index (κ3) is 5.08. The summed E-state index contributed by atoms with van der Waals surface area (Å²) < 4.78 is 0. The van der Waals surface area contributed by atoms with Crippen molar-refractivity contribution >= 4 is 22.9 Å². The van der Waals surface area contributed by atoms with E-state index in [4.69, 9.17) is 16.6 Å². The van der Waals surface area contributed by atoms with Gasteiger partial charge in [0.15, 0.2) is 5.17 Å². The number of carbonyl (C=O) groups is 1. The lowest BCUT2D eigenvalue weighted by Crippen LogP contribution is -2.36. The molecule has 0 aliphatic heterocycles. The van der Waals surface area contributed by atoms with Crippen LogP contribution in [0.2, 0.25) is 0 Å². The van der Waals surface area contributed by atoms with Crippen molar-refractivity contribution < 1.29 is 9.90 Å². The van der Waals surface area contributed by atoms with E-state index in [9.17, 15) is 4.79 Å². The summed E-state index contributed by atoms with van der Waals surface area (Å²) in [6.07, 6.45) is 2.47. The maximum Gasteiger partial charge on any atom is 0.320 e. The van der Waals surface area contributed by atoms with Gasteiger partial charge in [-0.05, 0) is 18.6 Å². The number of amidine groups is 1. The van der Waals surface area contributed by atoms with E-state index in [1.54, 1.807) is 6.92 Å². The molecule has 82 valence electrons. The zero-order valence-electron chi connectivity index (χ0n) is 8.43. The first-order chi connectivity index (χ1) is 6.49. The molecule has 1 unspecified atom stereocenters. The van der Waals surface area contributed by atoms with Crippen molar-refractivity contribution in [1.29, 1.82) is 0 Å². The predicted molar refractivity (Wildman–Crippen MR) is 59.4 cm³/mol. The van der Waals surface area contributed by atoms with E-state index in [-0.39, 0.29) is 5.92 Å². The van der Waals surface area contributed by atoms with Gasteiger partial charge in [-0.1, -0.05) is 18.7 Å². The van der Waals surface area contributed by atoms with E-state index in [1.807, 2.05) is 6.26 Å². The first-order valence-electron chi connectivity index (χ1n) is 4.31. The fraction of sp³-hybridized carbons (Fsp3) is 0.750. The second-order valence-corrected chi connectivity index (χ2v) is 3.88. The van der Waals surface area contributed by atoms with Gasteiger partial charge in [0.05, 0.1) is 0 Å². The topological polar surface area (TPSA) is 102 Å². The Hall–Kier alpha value is -0.750. The number of thioether (sulfide) groups is 1. The van der Waals surface area contributed by atoms with Gasteiger partial charge in [-0.25, -0.2) is 0 Å². The molecule has 0 aliphatic rings. The first-order valence-corrected chi connectivity index (χ1v) is 5.53. The van der Waals surface area contributed by atoms with Crippen molar-refractivity contribution in [3.63, 3.8) is 0 Å². The van der Waals surface area contributed by atoms with Crippen molar-refractivity contribution in [2.24, 2.45) is 22.4 Å². The lowest BCUT2D eigenvalue weighted by Gasteiger charge is -2.14. The molecule has 2 atom stereocenters. The zero-order valence-corrected chi connectivity index (χ0v) is 9.25. The van der Waals surface area contributed by atoms with Crippen LogP contribution in [-0.4, -0.2) is 35.1 Å². The van der Waals surface area contributed by atoms with Gasteiger partial charge in [-0.2, -0.15) is 0 Å². The Morgan fingerprint density at radius 3 is 2.64 bits per heavy atom. The molecule has 5 nitrogen and oxygen atoms in total. The van der Waals surface area contributed by atoms with Crippen LogP contribution in [0, 0.1) is 5.92 Å². The van der Waals surface area contributed by atoms with Crippen molar-refractivity contribution in [3.05, 3.63) is 0 Å². The van der Waals surface area contributed by atoms with Gasteiger partial charge in [0, 0.05) is 6.54 Å². The summed E-state index contributed by atoms with van der Waals surface area (Å²) in [4.78, 5) is 14.5. The first kappa shape index (κ1) is 13.2. The molecule has 0 rings (SSSR count). The van der Waals surface area contributed by atoms with Gasteiger partial charge in [0.2, 0.25) is 0 Å². The van der Waals surface area contributed by atoms with E-state index < -0.39 is 12.0 Å². The van der Waals surface area contributed by atoms with Gasteiger partial charge in [-0.15, -0.1) is 0 Å². The van der Waals surface area contributed by atoms with Gasteiger partial charge in [0.25, 0.3) is 0 Å². The third-order valence-electron chi connectivity index (χ3n) is 1.96. The van der Waals surface area contributed by atoms with Crippen molar-refractivity contribution in [1.82, 2.24) is 0 Å². The monoisotopic (exact) mass is 219 g/mol. The summed E-state index contributed by atoms with van der Waals surface area (Å²) in [5.74, 6) is -1.06. The van der Waals surface area contributed by atoms with Crippen LogP contribution in [0.15, 0.2) is 4.99 Å². The normalized spacial score (nSPS) is 16.4. The highest BCUT2D eigenvalue weighted by Crippen LogP contribution is 2.07. The second-order valence-electron chi connectivity index (χ2n) is 3.05. The van der Waals surface area contributed by atoms with E-state index in [1.165, 1.54) is 11.8 Å². The highest BCUT2D eigenvalue weighted by atomic mass is 32.2. The number of aliphatic imine (C=N–C) groups is 1. The zero-order chi connectivity index (χ0) is 11.1. The Kier molecular flexibility index (Phi) is 6.31. The van der Waals surface area contributed by atoms with Gasteiger partial charge < -0.3 is 16.6 Å². The summed E-state index contributed by atoms with van der Waals surface area (Å²) in [6.45, 7) is 2.32. The van der Waals surface area contributed by atoms with Crippen LogP contribution in [0.25, 0.3) is 0 Å². The van der Waals surface area contributed by atoms with E-state index in [0.29, 0.717) is 18.1 Å². The summed E-state index contributed by atoms with van der Waals surface area (Å²) in [5.41, 5.74) is 10.9. The number of rotatable bonds is 5. The molecule has 0 radical (unpaired) electrons. The van der Waals surface area contributed by atoms with E-state index in [0.717, 1.165) is 0 Å². The third-order valence-corrected chi connectivity index (χ3v) is 2.51. The molecule has 0 saturated heterocycles. The van der Waals surface area contributed by atoms with Gasteiger partial charge in [0.1, 0.15) is 6.04 Å². The molecule has 0 fully saturated rings. The number of aliphatic carboxylic acids is 1. The van der Waals surface area contributed by atoms with Crippen LogP contribution in [-0.2, 0) is 4.79 Å². The van der Waals surface area contributed by atoms with Crippen LogP contribution < -0.4 is 11.5 Å². The Morgan fingerprint density at radius 2 is 2.21 bits per heavy atom. The fourth-order valence-electron chi connectivity index (χ4n) is 0.866. The lowest BCUT2D eigenvalue weighted by atomic mass is 9.99. The highest BCUT2D eigenvalue weighted by molar-refractivity contribution is 8.13. The Bertz CT molecular complexity index is 221. The summed E-state index contributed by atoms with van der Waals surface area (Å²) in [6, 6.07) is -0.819. The molecule has 0 saturated carbocycles. The molecule has 14 heavy (non-hydrogen) atoms. The molecule has 0 amide bonds. The summed E-state index contributed by atoms with van der Waals surface area (Å²) >= 11 is 1.37. The molecule has 0 aliphatic carbocycles. The van der Waals surface area contributed by atoms with Crippen LogP contribution in [0.1, 0.15) is 13.3 Å². The molecule has 0 bridgehead atoms. The van der Waals surface area contributed by atoms with Crippen LogP contribution >= 0.6 is 11.8 Å². The molecular formula is C8H17N3O2S. The number of hydrogen-bond donors (Lipinski definition) is 3. The van der Waals surface area contributed by atoms with Crippen molar-refractivity contribution in [2.75, 3.05) is 12.8 Å². The molecule has 6 heteroatoms. The molecule has 0 heterocycles. The lowest BCUT2D eigenvalue weighted by molar-refractivity contribution is -0.139. The Labute approximate surface area is 87.9 Å². The standard InChI is InChI=1S/C8H17N3O2S/c1-5(6(9)7(12)13)3-4-11-8(10)14-2/h5-6H,3-4,9H2,1-2H3,(H2,10,11)(H,12,13)/t5?,6-/m0/s1. The Balaban J connectivity index is 3.85. The van der Waals surface area contributed by atoms with Gasteiger partial charge in [-0.3, -0.25) is 9.79 Å². The highest BCUT2D eigenvalue weighted by Gasteiger charge is 2.18. The quantitative estimate of drug-likeness (QED) is 0.449. The average molecular weight is 219 g/mol. The number of nitrogens with two attached hydrogens (primary N) is 2. The second kappa shape index (κ2) is 6.67. The fourth-order valence-corrected chi connectivity index (χ4v) is 1.09. The van der Waals surface area contributed by atoms with Crippen LogP contribution in [0.3, 0.4) is 0 Å². The molecule has 0 aromatic rings. The molecule has 0 aromatic heterocycles. The number of carboxylic acids is 1. The van der Waals surface area contributed by atoms with E-state index in [2.05, 4.69) is 4.99 Å². The maximum absolute atomic E-state index is 10.5. The smallest absolute Gasteiger partial charge is 0.320 e. The number of hydrogen-bond acceptors (Lipinski definition) is 4. The maximum atomic E-state index is 10.5. The van der Waals surface area contributed by atoms with Crippen LogP contribution in [0.5, 0.6) is 0 Å². The van der Waals surface area contributed by atoms with Crippen molar-refractivity contribution in [3.8, 4) is 0 Å². The van der Waals surface area contributed by atoms with Crippen LogP contribution in [0.4, 0.5) is 0 Å². The summed E-state index contributed by atoms with van der Waals surface area (Å²) in [7, 11) is 0. The SMILES string of the molecule is CSC(N)=NCCC(C)[C@H](N)C(=O)O. The van der Waals surface area contributed by atoms with E-state index >= 15 is 0 Å². The van der Waals surface area contributed by atoms with Crippen molar-refractivity contribution in [2.45, 2.75) is 19.4 Å². The molecule has 5 N–H and O–H groups in total.